The van der Waals surface area contributed by atoms with Gasteiger partial charge in [0.05, 0.1) is 0 Å². The van der Waals surface area contributed by atoms with Gasteiger partial charge in [0.2, 0.25) is 0 Å². The first-order chi connectivity index (χ1) is 16.3. The number of unbranched alkanes of at least 4 members (excludes halogenated alkanes) is 12. The topological polar surface area (TPSA) is 0 Å². The molecule has 0 N–H and O–H groups in total. The molecule has 1 aromatic rings. The summed E-state index contributed by atoms with van der Waals surface area (Å²) in [4.78, 5) is 4.79. The average Bonchev–Trinajstić information content (AvgIpc) is 2.82. The summed E-state index contributed by atoms with van der Waals surface area (Å²) in [7, 11) is 0. The fourth-order valence-electron chi connectivity index (χ4n) is 4.08. The molecule has 0 aromatic heterocycles. The lowest BCUT2D eigenvalue weighted by Crippen LogP contribution is -1.94. The summed E-state index contributed by atoms with van der Waals surface area (Å²) in [5.41, 5.74) is 1.56. The Hall–Kier alpha value is 0.270. The molecule has 0 nitrogen and oxygen atoms in total. The van der Waals surface area contributed by atoms with Gasteiger partial charge in [0.25, 0.3) is 0 Å². The standard InChI is InChI=1S/C30H54S3/c1-5-9-12-15-18-22-31-28-25-27(21-8-4)26-29(32-23-19-16-13-10-6-2)30(28)33-24-20-17-14-11-7-3/h25-26H,5-24H2,1-4H3. The fraction of sp³-hybridized carbons (Fsp3) is 0.800. The second kappa shape index (κ2) is 22.7. The van der Waals surface area contributed by atoms with Crippen LogP contribution in [0.2, 0.25) is 0 Å². The van der Waals surface area contributed by atoms with Crippen molar-refractivity contribution >= 4 is 35.3 Å². The number of benzene rings is 1. The van der Waals surface area contributed by atoms with Gasteiger partial charge in [-0.2, -0.15) is 0 Å². The van der Waals surface area contributed by atoms with Crippen molar-refractivity contribution in [3.63, 3.8) is 0 Å². The number of hydrogen-bond donors (Lipinski definition) is 0. The molecule has 0 spiro atoms. The number of thioether (sulfide) groups is 3. The molecule has 0 amide bonds. The minimum absolute atomic E-state index is 1.22. The Morgan fingerprint density at radius 3 is 1.24 bits per heavy atom. The molecule has 0 heterocycles. The Balaban J connectivity index is 2.81. The molecule has 0 aliphatic heterocycles. The van der Waals surface area contributed by atoms with Crippen molar-refractivity contribution in [1.29, 1.82) is 0 Å². The molecule has 0 aliphatic carbocycles. The lowest BCUT2D eigenvalue weighted by molar-refractivity contribution is 0.658. The molecule has 0 bridgehead atoms. The Morgan fingerprint density at radius 2 is 0.848 bits per heavy atom. The number of rotatable bonds is 23. The highest BCUT2D eigenvalue weighted by atomic mass is 32.2. The lowest BCUT2D eigenvalue weighted by Gasteiger charge is -2.17. The first-order valence-corrected chi connectivity index (χ1v) is 17.3. The summed E-state index contributed by atoms with van der Waals surface area (Å²) in [5, 5.41) is 0. The van der Waals surface area contributed by atoms with Crippen molar-refractivity contribution in [3.8, 4) is 0 Å². The van der Waals surface area contributed by atoms with Gasteiger partial charge in [-0.3, -0.25) is 0 Å². The van der Waals surface area contributed by atoms with Gasteiger partial charge >= 0.3 is 0 Å². The van der Waals surface area contributed by atoms with Crippen LogP contribution in [0.15, 0.2) is 26.8 Å². The van der Waals surface area contributed by atoms with Crippen molar-refractivity contribution in [1.82, 2.24) is 0 Å². The maximum absolute atomic E-state index is 2.55. The highest BCUT2D eigenvalue weighted by Crippen LogP contribution is 2.41. The molecule has 1 aromatic carbocycles. The molecule has 192 valence electrons. The third-order valence-corrected chi connectivity index (χ3v) is 9.86. The van der Waals surface area contributed by atoms with Crippen LogP contribution in [0.1, 0.15) is 136 Å². The molecule has 0 fully saturated rings. The van der Waals surface area contributed by atoms with Crippen LogP contribution >= 0.6 is 35.3 Å². The summed E-state index contributed by atoms with van der Waals surface area (Å²) in [5.74, 6) is 3.85. The van der Waals surface area contributed by atoms with Gasteiger partial charge in [0.15, 0.2) is 0 Å². The van der Waals surface area contributed by atoms with Gasteiger partial charge in [-0.1, -0.05) is 111 Å². The van der Waals surface area contributed by atoms with Crippen LogP contribution in [0.5, 0.6) is 0 Å². The lowest BCUT2D eigenvalue weighted by atomic mass is 10.1. The summed E-state index contributed by atoms with van der Waals surface area (Å²) in [6.07, 6.45) is 23.2. The third-order valence-electron chi connectivity index (χ3n) is 6.12. The van der Waals surface area contributed by atoms with E-state index in [-0.39, 0.29) is 0 Å². The zero-order valence-corrected chi connectivity index (χ0v) is 25.0. The molecule has 3 heteroatoms. The molecule has 0 saturated heterocycles. The Bertz CT molecular complexity index is 533. The molecule has 0 saturated carbocycles. The maximum Gasteiger partial charge on any atom is 0.0344 e. The molecule has 0 radical (unpaired) electrons. The highest BCUT2D eigenvalue weighted by molar-refractivity contribution is 8.03. The van der Waals surface area contributed by atoms with Crippen LogP contribution in [-0.4, -0.2) is 17.3 Å². The first-order valence-electron chi connectivity index (χ1n) is 14.3. The van der Waals surface area contributed by atoms with Crippen LogP contribution in [0.3, 0.4) is 0 Å². The van der Waals surface area contributed by atoms with E-state index in [1.807, 2.05) is 0 Å². The SMILES string of the molecule is CCCCCCCSc1cc(CCC)cc(SCCCCCCC)c1SCCCCCCC. The predicted molar refractivity (Wildman–Crippen MR) is 159 cm³/mol. The summed E-state index contributed by atoms with van der Waals surface area (Å²) < 4.78 is 0. The van der Waals surface area contributed by atoms with Crippen LogP contribution in [-0.2, 0) is 6.42 Å². The minimum Gasteiger partial charge on any atom is -0.125 e. The zero-order valence-electron chi connectivity index (χ0n) is 22.5. The molecule has 0 aliphatic rings. The summed E-state index contributed by atoms with van der Waals surface area (Å²) >= 11 is 6.46. The van der Waals surface area contributed by atoms with E-state index < -0.39 is 0 Å². The molecule has 0 atom stereocenters. The number of aryl methyl sites for hydroxylation is 1. The Kier molecular flexibility index (Phi) is 21.5. The second-order valence-electron chi connectivity index (χ2n) is 9.46. The van der Waals surface area contributed by atoms with E-state index in [9.17, 15) is 0 Å². The van der Waals surface area contributed by atoms with Gasteiger partial charge in [0.1, 0.15) is 0 Å². The zero-order chi connectivity index (χ0) is 24.0. The average molecular weight is 511 g/mol. The van der Waals surface area contributed by atoms with Crippen molar-refractivity contribution in [2.24, 2.45) is 0 Å². The number of hydrogen-bond acceptors (Lipinski definition) is 3. The van der Waals surface area contributed by atoms with E-state index in [2.05, 4.69) is 75.1 Å². The quantitative estimate of drug-likeness (QED) is 0.106. The summed E-state index contributed by atoms with van der Waals surface area (Å²) in [6.45, 7) is 9.25. The van der Waals surface area contributed by atoms with Crippen LogP contribution in [0.4, 0.5) is 0 Å². The molecule has 1 rings (SSSR count). The second-order valence-corrected chi connectivity index (χ2v) is 12.8. The van der Waals surface area contributed by atoms with E-state index in [1.165, 1.54) is 126 Å². The van der Waals surface area contributed by atoms with Crippen LogP contribution in [0.25, 0.3) is 0 Å². The normalized spacial score (nSPS) is 11.4. The van der Waals surface area contributed by atoms with Gasteiger partial charge in [-0.05, 0) is 60.6 Å². The van der Waals surface area contributed by atoms with E-state index in [1.54, 1.807) is 20.2 Å². The summed E-state index contributed by atoms with van der Waals surface area (Å²) in [6, 6.07) is 5.09. The Morgan fingerprint density at radius 1 is 0.455 bits per heavy atom. The van der Waals surface area contributed by atoms with Gasteiger partial charge in [-0.15, -0.1) is 35.3 Å². The Labute approximate surface area is 221 Å². The largest absolute Gasteiger partial charge is 0.125 e. The van der Waals surface area contributed by atoms with Crippen molar-refractivity contribution in [3.05, 3.63) is 17.7 Å². The van der Waals surface area contributed by atoms with Crippen molar-refractivity contribution in [2.75, 3.05) is 17.3 Å². The van der Waals surface area contributed by atoms with E-state index in [4.69, 9.17) is 0 Å². The smallest absolute Gasteiger partial charge is 0.0344 e. The third kappa shape index (κ3) is 15.8. The van der Waals surface area contributed by atoms with Crippen LogP contribution < -0.4 is 0 Å². The van der Waals surface area contributed by atoms with Gasteiger partial charge in [0, 0.05) is 14.7 Å². The highest BCUT2D eigenvalue weighted by Gasteiger charge is 2.13. The molecule has 0 unspecified atom stereocenters. The van der Waals surface area contributed by atoms with E-state index in [0.717, 1.165) is 0 Å². The predicted octanol–water partition coefficient (Wildman–Crippen LogP) is 11.8. The van der Waals surface area contributed by atoms with Gasteiger partial charge in [-0.25, -0.2) is 0 Å². The van der Waals surface area contributed by atoms with E-state index >= 15 is 0 Å². The monoisotopic (exact) mass is 510 g/mol. The maximum atomic E-state index is 2.55. The van der Waals surface area contributed by atoms with Gasteiger partial charge < -0.3 is 0 Å². The fourth-order valence-corrected chi connectivity index (χ4v) is 7.89. The van der Waals surface area contributed by atoms with Crippen LogP contribution in [0, 0.1) is 0 Å². The molecule has 33 heavy (non-hydrogen) atoms. The van der Waals surface area contributed by atoms with Crippen molar-refractivity contribution < 1.29 is 0 Å². The first kappa shape index (κ1) is 31.3. The molecular weight excluding hydrogens is 457 g/mol. The van der Waals surface area contributed by atoms with E-state index in [0.29, 0.717) is 0 Å². The molecular formula is C30H54S3. The minimum atomic E-state index is 1.22. The van der Waals surface area contributed by atoms with Crippen molar-refractivity contribution in [2.45, 2.75) is 152 Å².